The normalized spacial score (nSPS) is 17.1. The molecule has 2 aromatic carbocycles. The predicted molar refractivity (Wildman–Crippen MR) is 87.2 cm³/mol. The lowest BCUT2D eigenvalue weighted by molar-refractivity contribution is 0.0609. The maximum Gasteiger partial charge on any atom is 0.257 e. The molecule has 0 saturated heterocycles. The van der Waals surface area contributed by atoms with Crippen molar-refractivity contribution in [2.45, 2.75) is 6.17 Å². The van der Waals surface area contributed by atoms with Crippen LogP contribution in [-0.2, 0) is 4.74 Å². The van der Waals surface area contributed by atoms with Gasteiger partial charge in [0.15, 0.2) is 0 Å². The zero-order valence-electron chi connectivity index (χ0n) is 12.3. The number of halogens is 1. The van der Waals surface area contributed by atoms with Crippen LogP contribution in [0, 0.1) is 0 Å². The summed E-state index contributed by atoms with van der Waals surface area (Å²) in [6.07, 6.45) is -0.253. The number of hydrogen-bond donors (Lipinski definition) is 1. The lowest BCUT2D eigenvalue weighted by Gasteiger charge is -2.38. The Morgan fingerprint density at radius 1 is 1.23 bits per heavy atom. The minimum atomic E-state index is -0.253. The average Bonchev–Trinajstić information content (AvgIpc) is 2.54. The number of amides is 1. The van der Waals surface area contributed by atoms with Gasteiger partial charge in [-0.05, 0) is 29.8 Å². The van der Waals surface area contributed by atoms with Gasteiger partial charge in [0.05, 0.1) is 12.2 Å². The first-order valence-electron chi connectivity index (χ1n) is 7.11. The van der Waals surface area contributed by atoms with Crippen molar-refractivity contribution in [1.29, 1.82) is 0 Å². The van der Waals surface area contributed by atoms with Gasteiger partial charge in [-0.25, -0.2) is 0 Å². The van der Waals surface area contributed by atoms with Crippen molar-refractivity contribution < 1.29 is 9.53 Å². The Labute approximate surface area is 134 Å². The van der Waals surface area contributed by atoms with E-state index in [9.17, 15) is 4.79 Å². The van der Waals surface area contributed by atoms with Crippen LogP contribution < -0.4 is 5.32 Å². The van der Waals surface area contributed by atoms with Crippen molar-refractivity contribution in [2.24, 2.45) is 0 Å². The van der Waals surface area contributed by atoms with Crippen LogP contribution in [0.2, 0.25) is 5.02 Å². The molecule has 4 nitrogen and oxygen atoms in total. The summed E-state index contributed by atoms with van der Waals surface area (Å²) in [4.78, 5) is 14.6. The van der Waals surface area contributed by atoms with Crippen LogP contribution in [0.5, 0.6) is 0 Å². The Kier molecular flexibility index (Phi) is 4.32. The fraction of sp³-hybridized carbons (Fsp3) is 0.235. The first kappa shape index (κ1) is 14.9. The second-order valence-electron chi connectivity index (χ2n) is 5.14. The number of fused-ring (bicyclic) bond motifs is 1. The smallest absolute Gasteiger partial charge is 0.257 e. The Bertz CT molecular complexity index is 690. The topological polar surface area (TPSA) is 41.6 Å². The average molecular weight is 317 g/mol. The number of anilines is 1. The predicted octanol–water partition coefficient (Wildman–Crippen LogP) is 3.55. The van der Waals surface area contributed by atoms with E-state index >= 15 is 0 Å². The van der Waals surface area contributed by atoms with Crippen molar-refractivity contribution in [3.05, 3.63) is 64.7 Å². The molecule has 3 rings (SSSR count). The van der Waals surface area contributed by atoms with E-state index in [0.29, 0.717) is 23.7 Å². The van der Waals surface area contributed by atoms with Gasteiger partial charge in [0, 0.05) is 24.4 Å². The molecule has 114 valence electrons. The molecule has 1 N–H and O–H groups in total. The molecule has 1 aliphatic rings. The summed E-state index contributed by atoms with van der Waals surface area (Å²) >= 11 is 6.10. The van der Waals surface area contributed by atoms with Gasteiger partial charge in [-0.1, -0.05) is 35.9 Å². The van der Waals surface area contributed by atoms with Crippen molar-refractivity contribution in [3.8, 4) is 0 Å². The maximum absolute atomic E-state index is 12.8. The highest BCUT2D eigenvalue weighted by Crippen LogP contribution is 2.33. The molecule has 0 aliphatic carbocycles. The number of nitrogens with zero attached hydrogens (tertiary/aromatic N) is 1. The van der Waals surface area contributed by atoms with Gasteiger partial charge < -0.3 is 15.0 Å². The fourth-order valence-electron chi connectivity index (χ4n) is 2.65. The quantitative estimate of drug-likeness (QED) is 0.938. The lowest BCUT2D eigenvalue weighted by atomic mass is 10.0. The van der Waals surface area contributed by atoms with Gasteiger partial charge in [-0.3, -0.25) is 4.79 Å². The molecule has 0 fully saturated rings. The third-order valence-corrected chi connectivity index (χ3v) is 3.96. The molecule has 1 heterocycles. The number of ether oxygens (including phenoxy) is 1. The van der Waals surface area contributed by atoms with Crippen LogP contribution in [0.15, 0.2) is 48.5 Å². The molecular weight excluding hydrogens is 300 g/mol. The molecule has 1 aliphatic heterocycles. The van der Waals surface area contributed by atoms with E-state index < -0.39 is 0 Å². The number of methoxy groups -OCH3 is 1. The lowest BCUT2D eigenvalue weighted by Crippen LogP contribution is -2.44. The summed E-state index contributed by atoms with van der Waals surface area (Å²) in [5.74, 6) is -0.00336. The molecule has 1 amide bonds. The highest BCUT2D eigenvalue weighted by Gasteiger charge is 2.32. The Morgan fingerprint density at radius 2 is 2.05 bits per heavy atom. The minimum absolute atomic E-state index is 0.00336. The molecule has 2 aromatic rings. The molecule has 0 radical (unpaired) electrons. The summed E-state index contributed by atoms with van der Waals surface area (Å²) in [6.45, 7) is 0.987. The zero-order chi connectivity index (χ0) is 15.5. The molecule has 0 aromatic heterocycles. The second-order valence-corrected chi connectivity index (χ2v) is 5.58. The summed E-state index contributed by atoms with van der Waals surface area (Å²) in [6, 6.07) is 15.1. The van der Waals surface area contributed by atoms with Crippen molar-refractivity contribution in [3.63, 3.8) is 0 Å². The number of para-hydroxylation sites is 1. The maximum atomic E-state index is 12.8. The van der Waals surface area contributed by atoms with Crippen LogP contribution in [0.25, 0.3) is 0 Å². The van der Waals surface area contributed by atoms with Crippen LogP contribution >= 0.6 is 11.6 Å². The van der Waals surface area contributed by atoms with Gasteiger partial charge in [0.1, 0.15) is 6.17 Å². The first-order valence-corrected chi connectivity index (χ1v) is 7.49. The molecule has 1 atom stereocenters. The number of rotatable bonds is 4. The summed E-state index contributed by atoms with van der Waals surface area (Å²) in [5, 5.41) is 4.07. The van der Waals surface area contributed by atoms with Crippen LogP contribution in [0.3, 0.4) is 0 Å². The summed E-state index contributed by atoms with van der Waals surface area (Å²) in [7, 11) is 1.63. The molecule has 22 heavy (non-hydrogen) atoms. The van der Waals surface area contributed by atoms with E-state index in [1.165, 1.54) is 0 Å². The monoisotopic (exact) mass is 316 g/mol. The standard InChI is InChI=1S/C17H17ClN2O2/c1-22-10-9-20-16(12-5-4-6-13(18)11-12)19-15-8-3-2-7-14(15)17(20)21/h2-8,11,16,19H,9-10H2,1H3/t16-/m0/s1. The molecular formula is C17H17ClN2O2. The van der Waals surface area contributed by atoms with Gasteiger partial charge in [-0.15, -0.1) is 0 Å². The Morgan fingerprint density at radius 3 is 2.82 bits per heavy atom. The van der Waals surface area contributed by atoms with Gasteiger partial charge >= 0.3 is 0 Å². The van der Waals surface area contributed by atoms with E-state index in [-0.39, 0.29) is 12.1 Å². The third-order valence-electron chi connectivity index (χ3n) is 3.72. The highest BCUT2D eigenvalue weighted by molar-refractivity contribution is 6.30. The number of hydrogen-bond acceptors (Lipinski definition) is 3. The Balaban J connectivity index is 2.01. The second kappa shape index (κ2) is 6.38. The van der Waals surface area contributed by atoms with E-state index in [1.54, 1.807) is 12.0 Å². The zero-order valence-corrected chi connectivity index (χ0v) is 13.0. The molecule has 0 unspecified atom stereocenters. The molecule has 0 spiro atoms. The fourth-order valence-corrected chi connectivity index (χ4v) is 2.85. The van der Waals surface area contributed by atoms with E-state index in [4.69, 9.17) is 16.3 Å². The SMILES string of the molecule is COCCN1C(=O)c2ccccc2N[C@@H]1c1cccc(Cl)c1. The van der Waals surface area contributed by atoms with Crippen molar-refractivity contribution in [2.75, 3.05) is 25.6 Å². The van der Waals surface area contributed by atoms with Crippen LogP contribution in [0.1, 0.15) is 22.1 Å². The number of carbonyl (C=O) groups is 1. The van der Waals surface area contributed by atoms with Crippen molar-refractivity contribution >= 4 is 23.2 Å². The van der Waals surface area contributed by atoms with Gasteiger partial charge in [0.25, 0.3) is 5.91 Å². The van der Waals surface area contributed by atoms with Crippen molar-refractivity contribution in [1.82, 2.24) is 4.90 Å². The molecule has 0 saturated carbocycles. The van der Waals surface area contributed by atoms with E-state index in [0.717, 1.165) is 11.3 Å². The first-order chi connectivity index (χ1) is 10.7. The summed E-state index contributed by atoms with van der Waals surface area (Å²) < 4.78 is 5.14. The van der Waals surface area contributed by atoms with Gasteiger partial charge in [-0.2, -0.15) is 0 Å². The highest BCUT2D eigenvalue weighted by atomic mass is 35.5. The number of nitrogens with one attached hydrogen (secondary N) is 1. The number of carbonyl (C=O) groups excluding carboxylic acids is 1. The van der Waals surface area contributed by atoms with Crippen LogP contribution in [-0.4, -0.2) is 31.1 Å². The van der Waals surface area contributed by atoms with E-state index in [2.05, 4.69) is 5.32 Å². The molecule has 0 bridgehead atoms. The minimum Gasteiger partial charge on any atom is -0.383 e. The Hall–Kier alpha value is -2.04. The number of benzene rings is 2. The van der Waals surface area contributed by atoms with E-state index in [1.807, 2.05) is 48.5 Å². The largest absolute Gasteiger partial charge is 0.383 e. The van der Waals surface area contributed by atoms with Gasteiger partial charge in [0.2, 0.25) is 0 Å². The summed E-state index contributed by atoms with van der Waals surface area (Å²) in [5.41, 5.74) is 2.47. The third kappa shape index (κ3) is 2.80. The molecule has 5 heteroatoms. The van der Waals surface area contributed by atoms with Crippen LogP contribution in [0.4, 0.5) is 5.69 Å².